The van der Waals surface area contributed by atoms with Crippen LogP contribution in [0.1, 0.15) is 58.9 Å². The molecule has 1 atom stereocenters. The van der Waals surface area contributed by atoms with Crippen molar-refractivity contribution in [1.29, 1.82) is 0 Å². The minimum absolute atomic E-state index is 0.491. The molecule has 1 rings (SSSR count). The van der Waals surface area contributed by atoms with E-state index in [2.05, 4.69) is 47.9 Å². The second kappa shape index (κ2) is 9.70. The number of unbranched alkanes of at least 4 members (excludes halogenated alkanes) is 1. The zero-order valence-corrected chi connectivity index (χ0v) is 13.5. The number of hydrogen-bond donors (Lipinski definition) is 1. The van der Waals surface area contributed by atoms with Gasteiger partial charge in [0, 0.05) is 37.1 Å². The van der Waals surface area contributed by atoms with Crippen LogP contribution in [0.3, 0.4) is 0 Å². The van der Waals surface area contributed by atoms with E-state index in [9.17, 15) is 0 Å². The van der Waals surface area contributed by atoms with E-state index in [1.807, 2.05) is 12.4 Å². The van der Waals surface area contributed by atoms with Crippen molar-refractivity contribution in [3.05, 3.63) is 18.0 Å². The monoisotopic (exact) mass is 278 g/mol. The molecular weight excluding hydrogens is 248 g/mol. The van der Waals surface area contributed by atoms with Crippen LogP contribution in [0, 0.1) is 0 Å². The highest BCUT2D eigenvalue weighted by molar-refractivity contribution is 5.31. The Kier molecular flexibility index (Phi) is 8.19. The summed E-state index contributed by atoms with van der Waals surface area (Å²) in [5.74, 6) is 0.868. The number of rotatable bonds is 10. The highest BCUT2D eigenvalue weighted by Crippen LogP contribution is 2.14. The lowest BCUT2D eigenvalue weighted by Crippen LogP contribution is -2.35. The molecule has 1 unspecified atom stereocenters. The molecule has 0 spiro atoms. The van der Waals surface area contributed by atoms with E-state index in [1.165, 1.54) is 12.8 Å². The van der Waals surface area contributed by atoms with Crippen molar-refractivity contribution in [1.82, 2.24) is 15.3 Å². The Bertz CT molecular complexity index is 350. The van der Waals surface area contributed by atoms with Gasteiger partial charge < -0.3 is 10.2 Å². The summed E-state index contributed by atoms with van der Waals surface area (Å²) >= 11 is 0. The summed E-state index contributed by atoms with van der Waals surface area (Å²) < 4.78 is 0. The highest BCUT2D eigenvalue weighted by atomic mass is 15.3. The van der Waals surface area contributed by atoms with E-state index in [1.54, 1.807) is 0 Å². The first-order chi connectivity index (χ1) is 9.72. The molecule has 0 bridgehead atoms. The summed E-state index contributed by atoms with van der Waals surface area (Å²) in [6.07, 6.45) is 8.56. The predicted molar refractivity (Wildman–Crippen MR) is 86.0 cm³/mol. The molecule has 0 aliphatic carbocycles. The summed E-state index contributed by atoms with van der Waals surface area (Å²) in [7, 11) is 0. The van der Waals surface area contributed by atoms with Gasteiger partial charge in [0.1, 0.15) is 0 Å². The van der Waals surface area contributed by atoms with Crippen LogP contribution in [0.15, 0.2) is 12.4 Å². The van der Waals surface area contributed by atoms with E-state index in [-0.39, 0.29) is 0 Å². The predicted octanol–water partition coefficient (Wildman–Crippen LogP) is 3.38. The Morgan fingerprint density at radius 1 is 1.15 bits per heavy atom. The maximum atomic E-state index is 4.55. The van der Waals surface area contributed by atoms with Crippen molar-refractivity contribution < 1.29 is 0 Å². The Hall–Kier alpha value is -1.16. The SMILES string of the molecule is CCCCN(c1ncc(CNCCC)cn1)C(C)CC. The van der Waals surface area contributed by atoms with Crippen LogP contribution in [0.5, 0.6) is 0 Å². The first-order valence-corrected chi connectivity index (χ1v) is 8.01. The summed E-state index contributed by atoms with van der Waals surface area (Å²) in [5, 5.41) is 3.37. The van der Waals surface area contributed by atoms with E-state index in [4.69, 9.17) is 0 Å². The average Bonchev–Trinajstić information content (AvgIpc) is 2.49. The lowest BCUT2D eigenvalue weighted by Gasteiger charge is -2.28. The summed E-state index contributed by atoms with van der Waals surface area (Å²) in [5.41, 5.74) is 1.15. The van der Waals surface area contributed by atoms with Crippen LogP contribution in [0.2, 0.25) is 0 Å². The largest absolute Gasteiger partial charge is 0.338 e. The van der Waals surface area contributed by atoms with Crippen molar-refractivity contribution in [2.75, 3.05) is 18.0 Å². The Morgan fingerprint density at radius 2 is 1.85 bits per heavy atom. The molecule has 1 aromatic heterocycles. The molecule has 4 heteroatoms. The third-order valence-electron chi connectivity index (χ3n) is 3.58. The van der Waals surface area contributed by atoms with Gasteiger partial charge in [-0.05, 0) is 32.7 Å². The van der Waals surface area contributed by atoms with Gasteiger partial charge in [0.2, 0.25) is 5.95 Å². The Balaban J connectivity index is 2.66. The fourth-order valence-electron chi connectivity index (χ4n) is 2.06. The van der Waals surface area contributed by atoms with Gasteiger partial charge in [-0.1, -0.05) is 27.2 Å². The molecule has 0 amide bonds. The Morgan fingerprint density at radius 3 is 2.40 bits per heavy atom. The summed E-state index contributed by atoms with van der Waals surface area (Å²) in [6.45, 7) is 11.8. The summed E-state index contributed by atoms with van der Waals surface area (Å²) in [6, 6.07) is 0.491. The quantitative estimate of drug-likeness (QED) is 0.666. The molecule has 114 valence electrons. The van der Waals surface area contributed by atoms with Crippen LogP contribution in [-0.2, 0) is 6.54 Å². The van der Waals surface area contributed by atoms with E-state index < -0.39 is 0 Å². The molecule has 20 heavy (non-hydrogen) atoms. The van der Waals surface area contributed by atoms with Gasteiger partial charge in [-0.25, -0.2) is 9.97 Å². The van der Waals surface area contributed by atoms with Crippen LogP contribution in [0.4, 0.5) is 5.95 Å². The number of nitrogens with one attached hydrogen (secondary N) is 1. The van der Waals surface area contributed by atoms with Crippen molar-refractivity contribution in [2.45, 2.75) is 66.0 Å². The van der Waals surface area contributed by atoms with Crippen molar-refractivity contribution in [3.63, 3.8) is 0 Å². The van der Waals surface area contributed by atoms with Gasteiger partial charge in [0.25, 0.3) is 0 Å². The van der Waals surface area contributed by atoms with Crippen LogP contribution < -0.4 is 10.2 Å². The number of nitrogens with zero attached hydrogens (tertiary/aromatic N) is 3. The van der Waals surface area contributed by atoms with Crippen molar-refractivity contribution in [3.8, 4) is 0 Å². The molecule has 0 aliphatic rings. The first-order valence-electron chi connectivity index (χ1n) is 8.01. The minimum atomic E-state index is 0.491. The first kappa shape index (κ1) is 16.9. The lowest BCUT2D eigenvalue weighted by molar-refractivity contribution is 0.581. The van der Waals surface area contributed by atoms with E-state index >= 15 is 0 Å². The number of anilines is 1. The third kappa shape index (κ3) is 5.45. The second-order valence-corrected chi connectivity index (χ2v) is 5.37. The van der Waals surface area contributed by atoms with Crippen LogP contribution in [0.25, 0.3) is 0 Å². The van der Waals surface area contributed by atoms with Gasteiger partial charge in [0.15, 0.2) is 0 Å². The number of hydrogen-bond acceptors (Lipinski definition) is 4. The molecular formula is C16H30N4. The molecule has 4 nitrogen and oxygen atoms in total. The molecule has 0 saturated heterocycles. The minimum Gasteiger partial charge on any atom is -0.338 e. The standard InChI is InChI=1S/C16H30N4/c1-5-8-10-20(14(4)7-3)16-18-12-15(13-19-16)11-17-9-6-2/h12-14,17H,5-11H2,1-4H3. The topological polar surface area (TPSA) is 41.1 Å². The van der Waals surface area contributed by atoms with E-state index in [0.29, 0.717) is 6.04 Å². The zero-order valence-electron chi connectivity index (χ0n) is 13.5. The van der Waals surface area contributed by atoms with Crippen LogP contribution in [-0.4, -0.2) is 29.1 Å². The Labute approximate surface area is 124 Å². The summed E-state index contributed by atoms with van der Waals surface area (Å²) in [4.78, 5) is 11.4. The molecule has 1 N–H and O–H groups in total. The van der Waals surface area contributed by atoms with Crippen LogP contribution >= 0.6 is 0 Å². The van der Waals surface area contributed by atoms with Gasteiger partial charge in [-0.3, -0.25) is 0 Å². The van der Waals surface area contributed by atoms with Gasteiger partial charge >= 0.3 is 0 Å². The molecule has 0 fully saturated rings. The maximum absolute atomic E-state index is 4.55. The van der Waals surface area contributed by atoms with Gasteiger partial charge in [-0.15, -0.1) is 0 Å². The molecule has 0 radical (unpaired) electrons. The molecule has 0 saturated carbocycles. The molecule has 0 aromatic carbocycles. The fourth-order valence-corrected chi connectivity index (χ4v) is 2.06. The average molecular weight is 278 g/mol. The van der Waals surface area contributed by atoms with Gasteiger partial charge in [-0.2, -0.15) is 0 Å². The van der Waals surface area contributed by atoms with Crippen molar-refractivity contribution >= 4 is 5.95 Å². The van der Waals surface area contributed by atoms with Gasteiger partial charge in [0.05, 0.1) is 0 Å². The smallest absolute Gasteiger partial charge is 0.225 e. The molecule has 1 aromatic rings. The van der Waals surface area contributed by atoms with E-state index in [0.717, 1.165) is 44.0 Å². The molecule has 0 aliphatic heterocycles. The van der Waals surface area contributed by atoms with Crippen molar-refractivity contribution in [2.24, 2.45) is 0 Å². The normalized spacial score (nSPS) is 12.4. The third-order valence-corrected chi connectivity index (χ3v) is 3.58. The maximum Gasteiger partial charge on any atom is 0.225 e. The number of aromatic nitrogens is 2. The fraction of sp³-hybridized carbons (Fsp3) is 0.750. The highest BCUT2D eigenvalue weighted by Gasteiger charge is 2.14. The second-order valence-electron chi connectivity index (χ2n) is 5.37. The lowest BCUT2D eigenvalue weighted by atomic mass is 10.2. The zero-order chi connectivity index (χ0) is 14.8. The molecule has 1 heterocycles.